The number of hydrogen-bond donors (Lipinski definition) is 0. The van der Waals surface area contributed by atoms with Crippen molar-refractivity contribution in [3.63, 3.8) is 0 Å². The predicted molar refractivity (Wildman–Crippen MR) is 248 cm³/mol. The third-order valence-electron chi connectivity index (χ3n) is 13.0. The van der Waals surface area contributed by atoms with Gasteiger partial charge >= 0.3 is 0 Å². The van der Waals surface area contributed by atoms with Crippen LogP contribution in [0.3, 0.4) is 0 Å². The van der Waals surface area contributed by atoms with Crippen molar-refractivity contribution in [1.29, 1.82) is 0 Å². The van der Waals surface area contributed by atoms with Gasteiger partial charge in [0, 0.05) is 50.7 Å². The molecule has 1 atom stereocenters. The summed E-state index contributed by atoms with van der Waals surface area (Å²) in [5.41, 5.74) is 13.5. The Kier molecular flexibility index (Phi) is 6.93. The van der Waals surface area contributed by atoms with E-state index in [0.29, 0.717) is 0 Å². The number of rotatable bonds is 4. The van der Waals surface area contributed by atoms with Gasteiger partial charge in [0.15, 0.2) is 0 Å². The highest BCUT2D eigenvalue weighted by Crippen LogP contribution is 2.61. The van der Waals surface area contributed by atoms with Gasteiger partial charge in [0.25, 0.3) is 0 Å². The molecular formula is C57H36N2O. The van der Waals surface area contributed by atoms with Crippen molar-refractivity contribution in [3.8, 4) is 28.3 Å². The van der Waals surface area contributed by atoms with Gasteiger partial charge in [-0.15, -0.1) is 0 Å². The highest BCUT2D eigenvalue weighted by Gasteiger charge is 2.49. The van der Waals surface area contributed by atoms with Crippen molar-refractivity contribution in [3.05, 3.63) is 241 Å². The van der Waals surface area contributed by atoms with E-state index in [-0.39, 0.29) is 0 Å². The largest absolute Gasteiger partial charge is 0.457 e. The van der Waals surface area contributed by atoms with Crippen LogP contribution in [0.25, 0.3) is 60.2 Å². The predicted octanol–water partition coefficient (Wildman–Crippen LogP) is 15.0. The minimum atomic E-state index is -0.589. The summed E-state index contributed by atoms with van der Waals surface area (Å²) in [6.07, 6.45) is 0. The van der Waals surface area contributed by atoms with Crippen molar-refractivity contribution < 1.29 is 4.74 Å². The summed E-state index contributed by atoms with van der Waals surface area (Å²) >= 11 is 0. The van der Waals surface area contributed by atoms with Gasteiger partial charge in [-0.3, -0.25) is 0 Å². The van der Waals surface area contributed by atoms with E-state index in [0.717, 1.165) is 45.4 Å². The van der Waals surface area contributed by atoms with E-state index in [1.165, 1.54) is 65.6 Å². The SMILES string of the molecule is c1ccc(N(c2ccc3c(c2)Oc2ccccc2C32c3ccccc3-c3cccc4cccc2c34)c2ccc3c(c2)c2ccccc2n3-c2ccc3ccccc3c2)cc1. The Balaban J connectivity index is 1.04. The lowest BCUT2D eigenvalue weighted by Gasteiger charge is -2.45. The van der Waals surface area contributed by atoms with Crippen LogP contribution in [0.4, 0.5) is 17.1 Å². The van der Waals surface area contributed by atoms with Crippen molar-refractivity contribution in [1.82, 2.24) is 4.57 Å². The van der Waals surface area contributed by atoms with Crippen LogP contribution >= 0.6 is 0 Å². The molecule has 3 heteroatoms. The van der Waals surface area contributed by atoms with E-state index in [9.17, 15) is 0 Å². The second-order valence-corrected chi connectivity index (χ2v) is 16.0. The van der Waals surface area contributed by atoms with Crippen LogP contribution in [0.5, 0.6) is 11.5 Å². The van der Waals surface area contributed by atoms with Crippen LogP contribution < -0.4 is 9.64 Å². The molecule has 0 radical (unpaired) electrons. The fraction of sp³-hybridized carbons (Fsp3) is 0.0175. The Bertz CT molecular complexity index is 3540. The first-order valence-electron chi connectivity index (χ1n) is 20.7. The third kappa shape index (κ3) is 4.54. The molecule has 2 aliphatic rings. The average Bonchev–Trinajstić information content (AvgIpc) is 3.64. The highest BCUT2D eigenvalue weighted by molar-refractivity contribution is 6.11. The summed E-state index contributed by atoms with van der Waals surface area (Å²) in [6.45, 7) is 0. The van der Waals surface area contributed by atoms with Gasteiger partial charge in [-0.2, -0.15) is 0 Å². The zero-order chi connectivity index (χ0) is 39.4. The van der Waals surface area contributed by atoms with Crippen LogP contribution in [0.1, 0.15) is 22.3 Å². The molecule has 2 heterocycles. The highest BCUT2D eigenvalue weighted by atomic mass is 16.5. The van der Waals surface area contributed by atoms with Gasteiger partial charge in [0.1, 0.15) is 11.5 Å². The molecule has 280 valence electrons. The summed E-state index contributed by atoms with van der Waals surface area (Å²) in [7, 11) is 0. The minimum Gasteiger partial charge on any atom is -0.457 e. The Morgan fingerprint density at radius 1 is 0.367 bits per heavy atom. The second-order valence-electron chi connectivity index (χ2n) is 16.0. The summed E-state index contributed by atoms with van der Waals surface area (Å²) in [5.74, 6) is 1.73. The zero-order valence-electron chi connectivity index (χ0n) is 32.6. The second kappa shape index (κ2) is 12.6. The summed E-state index contributed by atoms with van der Waals surface area (Å²) in [5, 5.41) is 7.42. The number of anilines is 3. The smallest absolute Gasteiger partial charge is 0.134 e. The molecule has 0 saturated heterocycles. The molecule has 1 aliphatic carbocycles. The lowest BCUT2D eigenvalue weighted by atomic mass is 9.58. The first kappa shape index (κ1) is 33.1. The van der Waals surface area contributed by atoms with E-state index in [1.54, 1.807) is 0 Å². The molecule has 1 spiro atoms. The first-order chi connectivity index (χ1) is 29.8. The van der Waals surface area contributed by atoms with Crippen LogP contribution in [0.2, 0.25) is 0 Å². The average molecular weight is 765 g/mol. The van der Waals surface area contributed by atoms with E-state index in [1.807, 2.05) is 0 Å². The van der Waals surface area contributed by atoms with Crippen molar-refractivity contribution in [2.24, 2.45) is 0 Å². The van der Waals surface area contributed by atoms with Gasteiger partial charge in [-0.25, -0.2) is 0 Å². The molecule has 0 fully saturated rings. The molecule has 1 aliphatic heterocycles. The molecule has 13 rings (SSSR count). The van der Waals surface area contributed by atoms with Crippen LogP contribution in [0, 0.1) is 0 Å². The lowest BCUT2D eigenvalue weighted by Crippen LogP contribution is -2.36. The van der Waals surface area contributed by atoms with Gasteiger partial charge in [0.05, 0.1) is 16.4 Å². The number of benzene rings is 10. The summed E-state index contributed by atoms with van der Waals surface area (Å²) < 4.78 is 9.45. The number of fused-ring (bicyclic) bond motifs is 12. The van der Waals surface area contributed by atoms with Crippen molar-refractivity contribution >= 4 is 60.4 Å². The molecule has 1 unspecified atom stereocenters. The maximum absolute atomic E-state index is 7.05. The van der Waals surface area contributed by atoms with Gasteiger partial charge in [-0.05, 0) is 104 Å². The standard InChI is InChI=1S/C57H36N2O/c1-2-18-40(19-3-1)58(42-31-33-53-47(35-42)45-21-7-10-26-52(45)59(53)41-29-28-37-14-4-5-15-39(37)34-41)43-30-32-50-55(36-43)60-54-27-11-9-24-49(54)57(50)48-23-8-6-20-44(48)46-22-12-16-38-17-13-25-51(57)56(38)46/h1-36H. The van der Waals surface area contributed by atoms with Crippen LogP contribution in [-0.4, -0.2) is 4.57 Å². The Hall–Kier alpha value is -7.88. The molecule has 10 aromatic carbocycles. The monoisotopic (exact) mass is 764 g/mol. The fourth-order valence-corrected chi connectivity index (χ4v) is 10.5. The molecule has 60 heavy (non-hydrogen) atoms. The lowest BCUT2D eigenvalue weighted by molar-refractivity contribution is 0.435. The Morgan fingerprint density at radius 2 is 1.02 bits per heavy atom. The number of para-hydroxylation sites is 3. The normalized spacial score (nSPS) is 14.9. The maximum atomic E-state index is 7.05. The van der Waals surface area contributed by atoms with E-state index >= 15 is 0 Å². The maximum Gasteiger partial charge on any atom is 0.134 e. The van der Waals surface area contributed by atoms with E-state index in [4.69, 9.17) is 4.74 Å². The molecule has 3 nitrogen and oxygen atoms in total. The molecule has 0 amide bonds. The number of hydrogen-bond acceptors (Lipinski definition) is 2. The van der Waals surface area contributed by atoms with Gasteiger partial charge in [0.2, 0.25) is 0 Å². The molecule has 11 aromatic rings. The quantitative estimate of drug-likeness (QED) is 0.178. The first-order valence-corrected chi connectivity index (χ1v) is 20.7. The topological polar surface area (TPSA) is 17.4 Å². The van der Waals surface area contributed by atoms with Crippen LogP contribution in [0.15, 0.2) is 218 Å². The summed E-state index contributed by atoms with van der Waals surface area (Å²) in [4.78, 5) is 2.36. The van der Waals surface area contributed by atoms with Gasteiger partial charge in [-0.1, -0.05) is 152 Å². The van der Waals surface area contributed by atoms with Crippen LogP contribution in [-0.2, 0) is 5.41 Å². The van der Waals surface area contributed by atoms with Crippen molar-refractivity contribution in [2.45, 2.75) is 5.41 Å². The van der Waals surface area contributed by atoms with Crippen molar-refractivity contribution in [2.75, 3.05) is 4.90 Å². The van der Waals surface area contributed by atoms with E-state index < -0.39 is 5.41 Å². The fourth-order valence-electron chi connectivity index (χ4n) is 10.5. The Labute approximate surface area is 347 Å². The zero-order valence-corrected chi connectivity index (χ0v) is 32.6. The molecule has 0 bridgehead atoms. The Morgan fingerprint density at radius 3 is 1.93 bits per heavy atom. The summed E-state index contributed by atoms with van der Waals surface area (Å²) in [6, 6.07) is 79.6. The third-order valence-corrected chi connectivity index (χ3v) is 13.0. The number of nitrogens with zero attached hydrogens (tertiary/aromatic N) is 2. The van der Waals surface area contributed by atoms with Gasteiger partial charge < -0.3 is 14.2 Å². The number of aromatic nitrogens is 1. The molecule has 1 aromatic heterocycles. The number of ether oxygens (including phenoxy) is 1. The molecule has 0 N–H and O–H groups in total. The molecular weight excluding hydrogens is 729 g/mol. The minimum absolute atomic E-state index is 0.589. The van der Waals surface area contributed by atoms with E-state index in [2.05, 4.69) is 228 Å². The molecule has 0 saturated carbocycles.